The second-order valence-electron chi connectivity index (χ2n) is 2.18. The van der Waals surface area contributed by atoms with Gasteiger partial charge in [0.15, 0.2) is 0 Å². The van der Waals surface area contributed by atoms with Crippen LogP contribution in [-0.2, 0) is 0 Å². The summed E-state index contributed by atoms with van der Waals surface area (Å²) in [5.41, 5.74) is 0. The first-order chi connectivity index (χ1) is 5.45. The zero-order chi connectivity index (χ0) is 7.52. The monoisotopic (exact) mass is 148 g/mol. The van der Waals surface area contributed by atoms with Gasteiger partial charge in [-0.05, 0) is 12.1 Å². The summed E-state index contributed by atoms with van der Waals surface area (Å²) in [6, 6.07) is 5.74. The van der Waals surface area contributed by atoms with E-state index in [0.717, 1.165) is 11.6 Å². The molecule has 0 unspecified atom stereocenters. The van der Waals surface area contributed by atoms with Gasteiger partial charge in [0, 0.05) is 12.3 Å². The van der Waals surface area contributed by atoms with Crippen molar-refractivity contribution in [3.05, 3.63) is 30.6 Å². The van der Waals surface area contributed by atoms with Gasteiger partial charge in [-0.3, -0.25) is 5.10 Å². The van der Waals surface area contributed by atoms with E-state index in [1.54, 1.807) is 6.20 Å². The van der Waals surface area contributed by atoms with Gasteiger partial charge in [-0.2, -0.15) is 5.10 Å². The van der Waals surface area contributed by atoms with E-state index in [4.69, 9.17) is 0 Å². The highest BCUT2D eigenvalue weighted by molar-refractivity contribution is 5.50. The lowest BCUT2D eigenvalue weighted by molar-refractivity contribution is 1.09. The van der Waals surface area contributed by atoms with Gasteiger partial charge in [0.25, 0.3) is 0 Å². The minimum atomic E-state index is 0.882. The Morgan fingerprint density at radius 1 is 1.27 bits per heavy atom. The lowest BCUT2D eigenvalue weighted by Crippen LogP contribution is -1.89. The molecule has 2 rings (SSSR count). The highest BCUT2D eigenvalue weighted by Crippen LogP contribution is 2.09. The molecule has 2 aromatic heterocycles. The van der Waals surface area contributed by atoms with Crippen molar-refractivity contribution in [2.24, 2.45) is 0 Å². The van der Waals surface area contributed by atoms with Gasteiger partial charge in [-0.1, -0.05) is 0 Å². The molecular weight excluding hydrogens is 140 g/mol. The van der Waals surface area contributed by atoms with E-state index in [2.05, 4.69) is 20.5 Å². The first-order valence-corrected chi connectivity index (χ1v) is 3.35. The van der Waals surface area contributed by atoms with E-state index in [1.165, 1.54) is 0 Å². The quantitative estimate of drug-likeness (QED) is 0.604. The summed E-state index contributed by atoms with van der Waals surface area (Å²) >= 11 is 0. The predicted molar refractivity (Wildman–Crippen MR) is 42.7 cm³/mol. The Bertz CT molecular complexity index is 263. The molecule has 2 heterocycles. The van der Waals surface area contributed by atoms with Crippen LogP contribution in [-0.4, -0.2) is 15.2 Å². The Balaban J connectivity index is 2.14. The number of anilines is 2. The third-order valence-electron chi connectivity index (χ3n) is 1.37. The molecule has 0 saturated carbocycles. The van der Waals surface area contributed by atoms with Crippen LogP contribution >= 0.6 is 0 Å². The van der Waals surface area contributed by atoms with Crippen LogP contribution in [0, 0.1) is 0 Å². The van der Waals surface area contributed by atoms with E-state index < -0.39 is 0 Å². The van der Waals surface area contributed by atoms with Crippen LogP contribution in [0.4, 0.5) is 11.6 Å². The lowest BCUT2D eigenvalue weighted by Gasteiger charge is -1.97. The first kappa shape index (κ1) is 6.03. The zero-order valence-corrected chi connectivity index (χ0v) is 5.83. The topological polar surface area (TPSA) is 56.5 Å². The van der Waals surface area contributed by atoms with E-state index in [-0.39, 0.29) is 0 Å². The van der Waals surface area contributed by atoms with Crippen LogP contribution in [0.25, 0.3) is 0 Å². The molecule has 0 bridgehead atoms. The fraction of sp³-hybridized carbons (Fsp3) is 0. The Hall–Kier alpha value is -1.71. The van der Waals surface area contributed by atoms with Crippen molar-refractivity contribution < 1.29 is 0 Å². The van der Waals surface area contributed by atoms with Gasteiger partial charge in [0.1, 0.15) is 11.6 Å². The van der Waals surface area contributed by atoms with Crippen molar-refractivity contribution in [3.8, 4) is 0 Å². The van der Waals surface area contributed by atoms with Crippen LogP contribution in [0.1, 0.15) is 0 Å². The Morgan fingerprint density at radius 2 is 2.27 bits per heavy atom. The third kappa shape index (κ3) is 1.24. The minimum Gasteiger partial charge on any atom is -0.348 e. The molecular formula is C7H8N4. The second kappa shape index (κ2) is 2.49. The van der Waals surface area contributed by atoms with E-state index in [0.29, 0.717) is 0 Å². The maximum absolute atomic E-state index is 3.80. The maximum atomic E-state index is 3.80. The molecule has 4 heteroatoms. The molecule has 0 aliphatic heterocycles. The number of nitrogens with zero attached hydrogens (tertiary/aromatic N) is 1. The lowest BCUT2D eigenvalue weighted by atomic mass is 10.5. The number of hydrogen-bond donors (Lipinski definition) is 3. The summed E-state index contributed by atoms with van der Waals surface area (Å²) in [7, 11) is 0. The van der Waals surface area contributed by atoms with E-state index in [9.17, 15) is 0 Å². The molecule has 0 amide bonds. The maximum Gasteiger partial charge on any atom is 0.126 e. The van der Waals surface area contributed by atoms with Crippen LogP contribution in [0.5, 0.6) is 0 Å². The van der Waals surface area contributed by atoms with Gasteiger partial charge in [-0.15, -0.1) is 0 Å². The third-order valence-corrected chi connectivity index (χ3v) is 1.37. The van der Waals surface area contributed by atoms with Crippen molar-refractivity contribution in [2.75, 3.05) is 5.32 Å². The molecule has 56 valence electrons. The highest BCUT2D eigenvalue weighted by atomic mass is 15.2. The summed E-state index contributed by atoms with van der Waals surface area (Å²) in [5, 5.41) is 9.69. The predicted octanol–water partition coefficient (Wildman–Crippen LogP) is 1.48. The fourth-order valence-corrected chi connectivity index (χ4v) is 0.879. The largest absolute Gasteiger partial charge is 0.348 e. The van der Waals surface area contributed by atoms with Crippen molar-refractivity contribution in [1.82, 2.24) is 15.2 Å². The normalized spacial score (nSPS) is 9.82. The average Bonchev–Trinajstić information content (AvgIpc) is 2.60. The molecule has 0 radical (unpaired) electrons. The van der Waals surface area contributed by atoms with Crippen molar-refractivity contribution >= 4 is 11.6 Å². The van der Waals surface area contributed by atoms with Crippen LogP contribution in [0.15, 0.2) is 30.6 Å². The van der Waals surface area contributed by atoms with Gasteiger partial charge in [-0.25, -0.2) is 0 Å². The van der Waals surface area contributed by atoms with Crippen LogP contribution in [0.2, 0.25) is 0 Å². The molecule has 0 aromatic carbocycles. The number of nitrogens with one attached hydrogen (secondary N) is 3. The number of aromatic nitrogens is 3. The zero-order valence-electron chi connectivity index (χ0n) is 5.83. The van der Waals surface area contributed by atoms with Crippen molar-refractivity contribution in [1.29, 1.82) is 0 Å². The molecule has 0 atom stereocenters. The summed E-state index contributed by atoms with van der Waals surface area (Å²) in [6.45, 7) is 0. The van der Waals surface area contributed by atoms with Crippen molar-refractivity contribution in [2.45, 2.75) is 0 Å². The Morgan fingerprint density at radius 3 is 2.91 bits per heavy atom. The minimum absolute atomic E-state index is 0.882. The highest BCUT2D eigenvalue weighted by Gasteiger charge is 1.92. The van der Waals surface area contributed by atoms with Gasteiger partial charge < -0.3 is 10.3 Å². The molecule has 0 fully saturated rings. The number of rotatable bonds is 2. The molecule has 11 heavy (non-hydrogen) atoms. The molecule has 3 N–H and O–H groups in total. The molecule has 2 aromatic rings. The first-order valence-electron chi connectivity index (χ1n) is 3.35. The summed E-state index contributed by atoms with van der Waals surface area (Å²) in [5.74, 6) is 1.83. The molecule has 0 saturated heterocycles. The number of aromatic amines is 2. The molecule has 0 aliphatic carbocycles. The smallest absolute Gasteiger partial charge is 0.126 e. The van der Waals surface area contributed by atoms with Crippen LogP contribution in [0.3, 0.4) is 0 Å². The molecule has 0 aliphatic rings. The second-order valence-corrected chi connectivity index (χ2v) is 2.18. The summed E-state index contributed by atoms with van der Waals surface area (Å²) < 4.78 is 0. The standard InChI is InChI=1S/C7H8N4/c1-2-6(8-4-1)10-7-3-5-9-11-7/h1-5,8H,(H2,9,10,11). The summed E-state index contributed by atoms with van der Waals surface area (Å²) in [4.78, 5) is 3.02. The van der Waals surface area contributed by atoms with Crippen molar-refractivity contribution in [3.63, 3.8) is 0 Å². The Kier molecular flexibility index (Phi) is 1.37. The van der Waals surface area contributed by atoms with E-state index >= 15 is 0 Å². The SMILES string of the molecule is c1c[nH]c(Nc2ccn[nH]2)c1. The molecule has 4 nitrogen and oxygen atoms in total. The number of hydrogen-bond acceptors (Lipinski definition) is 2. The Labute approximate surface area is 63.6 Å². The molecule has 0 spiro atoms. The van der Waals surface area contributed by atoms with Gasteiger partial charge in [0.05, 0.1) is 6.20 Å². The van der Waals surface area contributed by atoms with Gasteiger partial charge in [0.2, 0.25) is 0 Å². The van der Waals surface area contributed by atoms with Gasteiger partial charge >= 0.3 is 0 Å². The average molecular weight is 148 g/mol. The van der Waals surface area contributed by atoms with Crippen LogP contribution < -0.4 is 5.32 Å². The number of H-pyrrole nitrogens is 2. The van der Waals surface area contributed by atoms with E-state index in [1.807, 2.05) is 24.4 Å². The summed E-state index contributed by atoms with van der Waals surface area (Å²) in [6.07, 6.45) is 3.56. The fourth-order valence-electron chi connectivity index (χ4n) is 0.879.